The Kier molecular flexibility index (Phi) is 60.8. The molecule has 6 heteroatoms. The number of carbonyl (C=O) groups excluding carboxylic acids is 3. The molecule has 0 bridgehead atoms. The molecule has 0 fully saturated rings. The Morgan fingerprint density at radius 1 is 0.273 bits per heavy atom. The van der Waals surface area contributed by atoms with Gasteiger partial charge >= 0.3 is 17.9 Å². The van der Waals surface area contributed by atoms with E-state index in [0.717, 1.165) is 103 Å². The predicted molar refractivity (Wildman–Crippen MR) is 334 cm³/mol. The SMILES string of the molecule is CC/C=C\C/C=C\C/C=C\C/C=C\CCC(=O)OCC(COC(=O)CCCCCCCCCC/C=C\C/C=C\C/C=C\CCCCCCC)OC(=O)CCCCCCCCCC/C=C\C/C=C\C/C=C\CCCCCCC. The number of rotatable bonds is 57. The zero-order chi connectivity index (χ0) is 55.7. The Morgan fingerprint density at radius 2 is 0.532 bits per heavy atom. The smallest absolute Gasteiger partial charge is 0.306 e. The van der Waals surface area contributed by atoms with Crippen LogP contribution in [0.25, 0.3) is 0 Å². The first kappa shape index (κ1) is 72.8. The number of esters is 3. The van der Waals surface area contributed by atoms with Gasteiger partial charge in [-0.05, 0) is 122 Å². The molecule has 0 spiro atoms. The summed E-state index contributed by atoms with van der Waals surface area (Å²) < 4.78 is 16.8. The van der Waals surface area contributed by atoms with Gasteiger partial charge in [-0.25, -0.2) is 0 Å². The first-order valence-corrected chi connectivity index (χ1v) is 32.0. The topological polar surface area (TPSA) is 78.9 Å². The molecule has 0 saturated heterocycles. The van der Waals surface area contributed by atoms with E-state index in [1.807, 2.05) is 6.08 Å². The van der Waals surface area contributed by atoms with Crippen LogP contribution >= 0.6 is 0 Å². The third-order valence-electron chi connectivity index (χ3n) is 13.4. The fourth-order valence-corrected chi connectivity index (χ4v) is 8.65. The van der Waals surface area contributed by atoms with Gasteiger partial charge in [-0.3, -0.25) is 14.4 Å². The molecule has 0 aliphatic heterocycles. The van der Waals surface area contributed by atoms with E-state index in [4.69, 9.17) is 14.2 Å². The maximum absolute atomic E-state index is 12.9. The van der Waals surface area contributed by atoms with Gasteiger partial charge in [-0.15, -0.1) is 0 Å². The lowest BCUT2D eigenvalue weighted by molar-refractivity contribution is -0.166. The summed E-state index contributed by atoms with van der Waals surface area (Å²) in [6.07, 6.45) is 89.3. The van der Waals surface area contributed by atoms with Crippen LogP contribution in [0.2, 0.25) is 0 Å². The molecule has 1 atom stereocenters. The van der Waals surface area contributed by atoms with Crippen LogP contribution in [-0.4, -0.2) is 37.2 Å². The molecule has 0 aromatic rings. The van der Waals surface area contributed by atoms with Crippen molar-refractivity contribution in [1.82, 2.24) is 0 Å². The highest BCUT2D eigenvalue weighted by Gasteiger charge is 2.19. The molecule has 77 heavy (non-hydrogen) atoms. The first-order valence-electron chi connectivity index (χ1n) is 32.0. The Labute approximate surface area is 475 Å². The number of carbonyl (C=O) groups is 3. The number of allylic oxidation sites excluding steroid dienone is 20. The third-order valence-corrected chi connectivity index (χ3v) is 13.4. The summed E-state index contributed by atoms with van der Waals surface area (Å²) in [6.45, 7) is 6.44. The summed E-state index contributed by atoms with van der Waals surface area (Å²) in [4.78, 5) is 38.3. The van der Waals surface area contributed by atoms with Crippen LogP contribution in [0.15, 0.2) is 122 Å². The molecule has 0 amide bonds. The monoisotopic (exact) mass is 1070 g/mol. The van der Waals surface area contributed by atoms with Crippen molar-refractivity contribution in [3.05, 3.63) is 122 Å². The number of hydrogen-bond acceptors (Lipinski definition) is 6. The van der Waals surface area contributed by atoms with Crippen molar-refractivity contribution in [3.63, 3.8) is 0 Å². The molecule has 438 valence electrons. The van der Waals surface area contributed by atoms with E-state index in [9.17, 15) is 14.4 Å². The lowest BCUT2D eigenvalue weighted by Crippen LogP contribution is -2.30. The first-order chi connectivity index (χ1) is 38.0. The van der Waals surface area contributed by atoms with Crippen molar-refractivity contribution in [2.45, 2.75) is 297 Å². The third kappa shape index (κ3) is 62.5. The van der Waals surface area contributed by atoms with Crippen LogP contribution in [0.1, 0.15) is 290 Å². The zero-order valence-electron chi connectivity index (χ0n) is 50.2. The Hall–Kier alpha value is -4.19. The summed E-state index contributed by atoms with van der Waals surface area (Å²) in [5.41, 5.74) is 0. The van der Waals surface area contributed by atoms with Gasteiger partial charge in [-0.1, -0.05) is 271 Å². The average molecular weight is 1070 g/mol. The van der Waals surface area contributed by atoms with Crippen molar-refractivity contribution in [2.24, 2.45) is 0 Å². The lowest BCUT2D eigenvalue weighted by atomic mass is 10.1. The number of ether oxygens (including phenoxy) is 3. The fraction of sp³-hybridized carbons (Fsp3) is 0.676. The quantitative estimate of drug-likeness (QED) is 0.0261. The maximum atomic E-state index is 12.9. The van der Waals surface area contributed by atoms with Crippen molar-refractivity contribution >= 4 is 17.9 Å². The molecule has 6 nitrogen and oxygen atoms in total. The van der Waals surface area contributed by atoms with Crippen molar-refractivity contribution in [1.29, 1.82) is 0 Å². The summed E-state index contributed by atoms with van der Waals surface area (Å²) in [6, 6.07) is 0. The van der Waals surface area contributed by atoms with Crippen molar-refractivity contribution < 1.29 is 28.6 Å². The molecule has 0 rings (SSSR count). The second-order valence-corrected chi connectivity index (χ2v) is 20.9. The van der Waals surface area contributed by atoms with Gasteiger partial charge in [0, 0.05) is 19.3 Å². The van der Waals surface area contributed by atoms with Crippen LogP contribution in [0.3, 0.4) is 0 Å². The fourth-order valence-electron chi connectivity index (χ4n) is 8.65. The lowest BCUT2D eigenvalue weighted by Gasteiger charge is -2.18. The minimum absolute atomic E-state index is 0.110. The molecule has 0 aromatic carbocycles. The number of hydrogen-bond donors (Lipinski definition) is 0. The minimum atomic E-state index is -0.819. The molecule has 0 saturated carbocycles. The van der Waals surface area contributed by atoms with Crippen LogP contribution in [-0.2, 0) is 28.6 Å². The molecular formula is C71H118O6. The summed E-state index contributed by atoms with van der Waals surface area (Å²) in [7, 11) is 0. The van der Waals surface area contributed by atoms with Gasteiger partial charge in [0.25, 0.3) is 0 Å². The Bertz CT molecular complexity index is 1600. The van der Waals surface area contributed by atoms with E-state index in [-0.39, 0.29) is 37.5 Å². The van der Waals surface area contributed by atoms with E-state index < -0.39 is 6.10 Å². The summed E-state index contributed by atoms with van der Waals surface area (Å²) >= 11 is 0. The second kappa shape index (κ2) is 64.3. The van der Waals surface area contributed by atoms with Gasteiger partial charge in [0.1, 0.15) is 13.2 Å². The summed E-state index contributed by atoms with van der Waals surface area (Å²) in [5.74, 6) is -1.01. The largest absolute Gasteiger partial charge is 0.462 e. The average Bonchev–Trinajstić information content (AvgIpc) is 3.43. The molecule has 0 N–H and O–H groups in total. The number of unbranched alkanes of at least 4 members (excludes halogenated alkanes) is 26. The molecular weight excluding hydrogens is 949 g/mol. The van der Waals surface area contributed by atoms with E-state index >= 15 is 0 Å². The van der Waals surface area contributed by atoms with E-state index in [1.54, 1.807) is 0 Å². The molecule has 0 aliphatic rings. The highest BCUT2D eigenvalue weighted by molar-refractivity contribution is 5.71. The van der Waals surface area contributed by atoms with Crippen molar-refractivity contribution in [3.8, 4) is 0 Å². The van der Waals surface area contributed by atoms with Crippen LogP contribution in [0.4, 0.5) is 0 Å². The maximum Gasteiger partial charge on any atom is 0.306 e. The molecule has 0 heterocycles. The van der Waals surface area contributed by atoms with E-state index in [1.165, 1.54) is 141 Å². The van der Waals surface area contributed by atoms with Crippen LogP contribution in [0.5, 0.6) is 0 Å². The normalized spacial score (nSPS) is 12.9. The molecule has 0 radical (unpaired) electrons. The highest BCUT2D eigenvalue weighted by Crippen LogP contribution is 2.15. The molecule has 0 aromatic heterocycles. The van der Waals surface area contributed by atoms with Crippen LogP contribution in [0, 0.1) is 0 Å². The van der Waals surface area contributed by atoms with Gasteiger partial charge in [0.05, 0.1) is 0 Å². The standard InChI is InChI=1S/C71H118O6/c1-4-7-10-13-16-19-22-25-27-29-31-33-35-37-39-41-43-46-49-52-55-58-61-64-70(73)76-67-68(66-75-69(72)63-60-57-54-51-48-45-24-21-18-15-12-9-6-3)77-71(74)65-62-59-56-53-50-47-44-42-40-38-36-34-32-30-28-26-23-20-17-14-11-8-5-2/h9,12,18,21-23,25-26,29-32,35-38,45,48,54,57,68H,4-8,10-11,13-17,19-20,24,27-28,33-34,39-44,46-47,49-53,55-56,58-67H2,1-3H3/b12-9-,21-18-,25-22-,26-23-,31-29-,32-30-,37-35-,38-36-,48-45-,57-54-. The van der Waals surface area contributed by atoms with Gasteiger partial charge < -0.3 is 14.2 Å². The van der Waals surface area contributed by atoms with Crippen LogP contribution < -0.4 is 0 Å². The van der Waals surface area contributed by atoms with Crippen molar-refractivity contribution in [2.75, 3.05) is 13.2 Å². The summed E-state index contributed by atoms with van der Waals surface area (Å²) in [5, 5.41) is 0. The predicted octanol–water partition coefficient (Wildman–Crippen LogP) is 22.0. The molecule has 1 unspecified atom stereocenters. The Morgan fingerprint density at radius 3 is 0.870 bits per heavy atom. The van der Waals surface area contributed by atoms with E-state index in [2.05, 4.69) is 136 Å². The minimum Gasteiger partial charge on any atom is -0.462 e. The van der Waals surface area contributed by atoms with Gasteiger partial charge in [-0.2, -0.15) is 0 Å². The second-order valence-electron chi connectivity index (χ2n) is 20.9. The zero-order valence-corrected chi connectivity index (χ0v) is 50.2. The highest BCUT2D eigenvalue weighted by atomic mass is 16.6. The molecule has 0 aliphatic carbocycles. The Balaban J connectivity index is 4.42. The van der Waals surface area contributed by atoms with Gasteiger partial charge in [0.2, 0.25) is 0 Å². The van der Waals surface area contributed by atoms with E-state index in [0.29, 0.717) is 19.3 Å². The van der Waals surface area contributed by atoms with Gasteiger partial charge in [0.15, 0.2) is 6.10 Å².